The Kier molecular flexibility index (Phi) is 3.65. The Bertz CT molecular complexity index is 576. The van der Waals surface area contributed by atoms with Gasteiger partial charge in [-0.25, -0.2) is 14.6 Å². The molecule has 0 unspecified atom stereocenters. The molecule has 96 valence electrons. The Balaban J connectivity index is 2.57. The van der Waals surface area contributed by atoms with Crippen molar-refractivity contribution < 1.29 is 0 Å². The topological polar surface area (TPSA) is 55.6 Å². The summed E-state index contributed by atoms with van der Waals surface area (Å²) in [4.78, 5) is 8.57. The van der Waals surface area contributed by atoms with Crippen LogP contribution < -0.4 is 5.32 Å². The summed E-state index contributed by atoms with van der Waals surface area (Å²) in [6, 6.07) is 0. The lowest BCUT2D eigenvalue weighted by atomic mass is 10.3. The van der Waals surface area contributed by atoms with Gasteiger partial charge >= 0.3 is 0 Å². The summed E-state index contributed by atoms with van der Waals surface area (Å²) in [6.45, 7) is 8.85. The number of aryl methyl sites for hydroxylation is 1. The maximum atomic E-state index is 4.49. The van der Waals surface area contributed by atoms with Gasteiger partial charge in [0.25, 0.3) is 0 Å². The third-order valence-corrected chi connectivity index (χ3v) is 3.95. The van der Waals surface area contributed by atoms with Crippen molar-refractivity contribution in [3.8, 4) is 5.82 Å². The summed E-state index contributed by atoms with van der Waals surface area (Å²) < 4.78 is 2.86. The fourth-order valence-electron chi connectivity index (χ4n) is 1.83. The fourth-order valence-corrected chi connectivity index (χ4v) is 2.08. The second-order valence-corrected chi connectivity index (χ2v) is 4.89. The lowest BCUT2D eigenvalue weighted by Gasteiger charge is -2.11. The van der Waals surface area contributed by atoms with Crippen LogP contribution in [0.4, 0.5) is 5.82 Å². The SMILES string of the molecule is CCNc1ncnc(-n2nc(C)c(Br)c2C)c1C. The Labute approximate surface area is 115 Å². The van der Waals surface area contributed by atoms with Gasteiger partial charge in [-0.05, 0) is 43.6 Å². The minimum atomic E-state index is 0.812. The molecule has 0 saturated heterocycles. The highest BCUT2D eigenvalue weighted by Crippen LogP contribution is 2.25. The molecule has 2 aromatic rings. The monoisotopic (exact) mass is 309 g/mol. The number of anilines is 1. The molecule has 0 aliphatic carbocycles. The summed E-state index contributed by atoms with van der Waals surface area (Å²) in [7, 11) is 0. The van der Waals surface area contributed by atoms with E-state index in [1.54, 1.807) is 6.33 Å². The van der Waals surface area contributed by atoms with Crippen molar-refractivity contribution in [2.24, 2.45) is 0 Å². The number of hydrogen-bond acceptors (Lipinski definition) is 4. The van der Waals surface area contributed by atoms with E-state index < -0.39 is 0 Å². The zero-order valence-electron chi connectivity index (χ0n) is 11.0. The van der Waals surface area contributed by atoms with Gasteiger partial charge in [0.1, 0.15) is 12.1 Å². The molecule has 5 nitrogen and oxygen atoms in total. The van der Waals surface area contributed by atoms with Gasteiger partial charge in [-0.15, -0.1) is 0 Å². The molecule has 0 aliphatic rings. The van der Waals surface area contributed by atoms with Crippen LogP contribution in [0.5, 0.6) is 0 Å². The van der Waals surface area contributed by atoms with E-state index in [1.807, 2.05) is 32.4 Å². The zero-order chi connectivity index (χ0) is 13.3. The third kappa shape index (κ3) is 2.12. The van der Waals surface area contributed by atoms with Crippen LogP contribution in [0.25, 0.3) is 5.82 Å². The summed E-state index contributed by atoms with van der Waals surface area (Å²) in [5.41, 5.74) is 2.99. The summed E-state index contributed by atoms with van der Waals surface area (Å²) in [5, 5.41) is 7.72. The lowest BCUT2D eigenvalue weighted by Crippen LogP contribution is -2.09. The second-order valence-electron chi connectivity index (χ2n) is 4.10. The van der Waals surface area contributed by atoms with Gasteiger partial charge in [0.05, 0.1) is 15.9 Å². The van der Waals surface area contributed by atoms with Crippen molar-refractivity contribution in [2.75, 3.05) is 11.9 Å². The quantitative estimate of drug-likeness (QED) is 0.947. The Morgan fingerprint density at radius 3 is 2.56 bits per heavy atom. The maximum Gasteiger partial charge on any atom is 0.162 e. The van der Waals surface area contributed by atoms with Gasteiger partial charge in [0.15, 0.2) is 5.82 Å². The van der Waals surface area contributed by atoms with E-state index in [0.717, 1.165) is 39.6 Å². The summed E-state index contributed by atoms with van der Waals surface area (Å²) in [5.74, 6) is 1.67. The molecule has 0 aromatic carbocycles. The molecule has 0 radical (unpaired) electrons. The molecule has 2 rings (SSSR count). The van der Waals surface area contributed by atoms with Crippen molar-refractivity contribution >= 4 is 21.7 Å². The molecule has 0 spiro atoms. The van der Waals surface area contributed by atoms with E-state index in [9.17, 15) is 0 Å². The smallest absolute Gasteiger partial charge is 0.162 e. The largest absolute Gasteiger partial charge is 0.370 e. The minimum absolute atomic E-state index is 0.812. The number of halogens is 1. The average molecular weight is 310 g/mol. The first-order valence-corrected chi connectivity index (χ1v) is 6.63. The van der Waals surface area contributed by atoms with Crippen molar-refractivity contribution in [2.45, 2.75) is 27.7 Å². The molecule has 0 aliphatic heterocycles. The molecule has 6 heteroatoms. The predicted molar refractivity (Wildman–Crippen MR) is 75.2 cm³/mol. The first-order valence-electron chi connectivity index (χ1n) is 5.83. The van der Waals surface area contributed by atoms with E-state index in [4.69, 9.17) is 0 Å². The van der Waals surface area contributed by atoms with Gasteiger partial charge < -0.3 is 5.32 Å². The van der Waals surface area contributed by atoms with Crippen molar-refractivity contribution in [3.63, 3.8) is 0 Å². The number of aromatic nitrogens is 4. The van der Waals surface area contributed by atoms with Crippen LogP contribution in [0.3, 0.4) is 0 Å². The van der Waals surface area contributed by atoms with Gasteiger partial charge in [-0.2, -0.15) is 5.10 Å². The summed E-state index contributed by atoms with van der Waals surface area (Å²) >= 11 is 3.53. The normalized spacial score (nSPS) is 10.7. The number of hydrogen-bond donors (Lipinski definition) is 1. The van der Waals surface area contributed by atoms with Gasteiger partial charge in [0.2, 0.25) is 0 Å². The molecule has 18 heavy (non-hydrogen) atoms. The summed E-state index contributed by atoms with van der Waals surface area (Å²) in [6.07, 6.45) is 1.56. The van der Waals surface area contributed by atoms with Gasteiger partial charge in [-0.3, -0.25) is 0 Å². The lowest BCUT2D eigenvalue weighted by molar-refractivity contribution is 0.792. The third-order valence-electron chi connectivity index (χ3n) is 2.81. The predicted octanol–water partition coefficient (Wildman–Crippen LogP) is 2.78. The molecule has 2 heterocycles. The minimum Gasteiger partial charge on any atom is -0.370 e. The van der Waals surface area contributed by atoms with E-state index in [1.165, 1.54) is 0 Å². The van der Waals surface area contributed by atoms with Gasteiger partial charge in [0, 0.05) is 12.1 Å². The maximum absolute atomic E-state index is 4.49. The van der Waals surface area contributed by atoms with Crippen LogP contribution in [0, 0.1) is 20.8 Å². The molecule has 1 N–H and O–H groups in total. The van der Waals surface area contributed by atoms with Crippen LogP contribution in [-0.4, -0.2) is 26.3 Å². The van der Waals surface area contributed by atoms with E-state index >= 15 is 0 Å². The first kappa shape index (κ1) is 13.0. The highest BCUT2D eigenvalue weighted by molar-refractivity contribution is 9.10. The standard InChI is InChI=1S/C12H16BrN5/c1-5-14-11-7(2)12(16-6-15-11)18-9(4)10(13)8(3)17-18/h6H,5H2,1-4H3,(H,14,15,16). The molecule has 0 atom stereocenters. The highest BCUT2D eigenvalue weighted by Gasteiger charge is 2.15. The van der Waals surface area contributed by atoms with Crippen LogP contribution in [0.2, 0.25) is 0 Å². The molecule has 0 fully saturated rings. The van der Waals surface area contributed by atoms with E-state index in [0.29, 0.717) is 0 Å². The molecular formula is C12H16BrN5. The molecule has 0 saturated carbocycles. The number of nitrogens with one attached hydrogen (secondary N) is 1. The molecule has 2 aromatic heterocycles. The molecular weight excluding hydrogens is 294 g/mol. The van der Waals surface area contributed by atoms with Crippen molar-refractivity contribution in [1.29, 1.82) is 0 Å². The van der Waals surface area contributed by atoms with Crippen LogP contribution in [0.1, 0.15) is 23.9 Å². The Morgan fingerprint density at radius 2 is 2.00 bits per heavy atom. The average Bonchev–Trinajstić information content (AvgIpc) is 2.60. The van der Waals surface area contributed by atoms with Crippen molar-refractivity contribution in [3.05, 3.63) is 27.8 Å². The van der Waals surface area contributed by atoms with Gasteiger partial charge in [-0.1, -0.05) is 0 Å². The zero-order valence-corrected chi connectivity index (χ0v) is 12.5. The Morgan fingerprint density at radius 1 is 1.28 bits per heavy atom. The molecule has 0 amide bonds. The van der Waals surface area contributed by atoms with Crippen LogP contribution in [-0.2, 0) is 0 Å². The number of rotatable bonds is 3. The van der Waals surface area contributed by atoms with Crippen molar-refractivity contribution in [1.82, 2.24) is 19.7 Å². The fraction of sp³-hybridized carbons (Fsp3) is 0.417. The highest BCUT2D eigenvalue weighted by atomic mass is 79.9. The molecule has 0 bridgehead atoms. The number of nitrogens with zero attached hydrogens (tertiary/aromatic N) is 4. The Hall–Kier alpha value is -1.43. The first-order chi connectivity index (χ1) is 8.56. The van der Waals surface area contributed by atoms with E-state index in [-0.39, 0.29) is 0 Å². The van der Waals surface area contributed by atoms with Crippen LogP contribution >= 0.6 is 15.9 Å². The van der Waals surface area contributed by atoms with E-state index in [2.05, 4.69) is 36.3 Å². The second kappa shape index (κ2) is 5.06. The van der Waals surface area contributed by atoms with Crippen LogP contribution in [0.15, 0.2) is 10.8 Å².